The van der Waals surface area contributed by atoms with Crippen LogP contribution < -0.4 is 5.32 Å². The summed E-state index contributed by atoms with van der Waals surface area (Å²) in [6.45, 7) is 1.39. The molecule has 158 valence electrons. The lowest BCUT2D eigenvalue weighted by molar-refractivity contribution is -0.116. The number of carbonyl (C=O) groups excluding carboxylic acids is 1. The molecular formula is C19H25N3O5S2. The molecular weight excluding hydrogens is 414 g/mol. The predicted octanol–water partition coefficient (Wildman–Crippen LogP) is 1.65. The van der Waals surface area contributed by atoms with Crippen molar-refractivity contribution >= 4 is 31.6 Å². The van der Waals surface area contributed by atoms with Gasteiger partial charge in [0.2, 0.25) is 26.0 Å². The van der Waals surface area contributed by atoms with Crippen LogP contribution in [0, 0.1) is 6.92 Å². The van der Waals surface area contributed by atoms with Gasteiger partial charge >= 0.3 is 0 Å². The van der Waals surface area contributed by atoms with E-state index in [2.05, 4.69) is 5.32 Å². The highest BCUT2D eigenvalue weighted by atomic mass is 32.2. The van der Waals surface area contributed by atoms with Crippen LogP contribution in [-0.4, -0.2) is 58.2 Å². The van der Waals surface area contributed by atoms with Crippen molar-refractivity contribution in [3.05, 3.63) is 59.7 Å². The van der Waals surface area contributed by atoms with Crippen LogP contribution in [0.25, 0.3) is 0 Å². The van der Waals surface area contributed by atoms with Crippen LogP contribution in [0.1, 0.15) is 11.1 Å². The summed E-state index contributed by atoms with van der Waals surface area (Å²) in [7, 11) is -4.46. The Kier molecular flexibility index (Phi) is 7.17. The van der Waals surface area contributed by atoms with Gasteiger partial charge in [-0.3, -0.25) is 4.79 Å². The molecule has 0 aliphatic carbocycles. The SMILES string of the molecule is Cc1ccc(S(=O)(=O)N(C)C)cc1NC(=O)CN(Cc1ccccc1)S(C)(=O)=O. The molecule has 1 amide bonds. The van der Waals surface area contributed by atoms with E-state index >= 15 is 0 Å². The van der Waals surface area contributed by atoms with Crippen LogP contribution in [0.3, 0.4) is 0 Å². The lowest BCUT2D eigenvalue weighted by Crippen LogP contribution is -2.37. The number of aryl methyl sites for hydroxylation is 1. The Balaban J connectivity index is 2.22. The number of anilines is 1. The first kappa shape index (κ1) is 23.0. The fraction of sp³-hybridized carbons (Fsp3) is 0.316. The van der Waals surface area contributed by atoms with E-state index in [0.717, 1.165) is 20.4 Å². The first-order valence-electron chi connectivity index (χ1n) is 8.73. The summed E-state index contributed by atoms with van der Waals surface area (Å²) >= 11 is 0. The third kappa shape index (κ3) is 6.10. The smallest absolute Gasteiger partial charge is 0.242 e. The number of sulfonamides is 2. The molecule has 0 saturated heterocycles. The van der Waals surface area contributed by atoms with E-state index in [-0.39, 0.29) is 11.4 Å². The first-order chi connectivity index (χ1) is 13.4. The molecule has 0 unspecified atom stereocenters. The molecule has 1 N–H and O–H groups in total. The third-order valence-corrected chi connectivity index (χ3v) is 7.26. The van der Waals surface area contributed by atoms with E-state index in [1.807, 2.05) is 6.07 Å². The monoisotopic (exact) mass is 439 g/mol. The lowest BCUT2D eigenvalue weighted by Gasteiger charge is -2.20. The minimum atomic E-state index is -3.66. The highest BCUT2D eigenvalue weighted by Crippen LogP contribution is 2.22. The van der Waals surface area contributed by atoms with Gasteiger partial charge in [-0.25, -0.2) is 21.1 Å². The molecule has 0 bridgehead atoms. The fourth-order valence-electron chi connectivity index (χ4n) is 2.53. The number of nitrogens with one attached hydrogen (secondary N) is 1. The highest BCUT2D eigenvalue weighted by Gasteiger charge is 2.22. The molecule has 2 rings (SSSR count). The van der Waals surface area contributed by atoms with Gasteiger partial charge in [-0.1, -0.05) is 36.4 Å². The molecule has 0 spiro atoms. The number of benzene rings is 2. The molecule has 0 aliphatic rings. The van der Waals surface area contributed by atoms with Crippen molar-refractivity contribution in [2.24, 2.45) is 0 Å². The van der Waals surface area contributed by atoms with Crippen LogP contribution in [-0.2, 0) is 31.4 Å². The zero-order chi connectivity index (χ0) is 21.8. The normalized spacial score (nSPS) is 12.3. The second-order valence-corrected chi connectivity index (χ2v) is 11.0. The number of hydrogen-bond acceptors (Lipinski definition) is 5. The molecule has 0 aliphatic heterocycles. The number of rotatable bonds is 8. The second-order valence-electron chi connectivity index (χ2n) is 6.83. The van der Waals surface area contributed by atoms with Crippen LogP contribution in [0.2, 0.25) is 0 Å². The number of carbonyl (C=O) groups is 1. The van der Waals surface area contributed by atoms with Gasteiger partial charge in [0.05, 0.1) is 17.7 Å². The van der Waals surface area contributed by atoms with Gasteiger partial charge in [0, 0.05) is 26.3 Å². The Labute approximate surface area is 172 Å². The third-order valence-electron chi connectivity index (χ3n) is 4.25. The van der Waals surface area contributed by atoms with Crippen LogP contribution in [0.15, 0.2) is 53.4 Å². The highest BCUT2D eigenvalue weighted by molar-refractivity contribution is 7.89. The minimum Gasteiger partial charge on any atom is -0.325 e. The van der Waals surface area contributed by atoms with Crippen molar-refractivity contribution in [1.29, 1.82) is 0 Å². The topological polar surface area (TPSA) is 104 Å². The number of nitrogens with zero attached hydrogens (tertiary/aromatic N) is 2. The summed E-state index contributed by atoms with van der Waals surface area (Å²) < 4.78 is 51.0. The molecule has 10 heteroatoms. The van der Waals surface area contributed by atoms with Gasteiger partial charge in [0.15, 0.2) is 0 Å². The van der Waals surface area contributed by atoms with Gasteiger partial charge in [-0.2, -0.15) is 4.31 Å². The van der Waals surface area contributed by atoms with Crippen LogP contribution in [0.4, 0.5) is 5.69 Å². The average Bonchev–Trinajstić information content (AvgIpc) is 2.62. The molecule has 0 aromatic heterocycles. The van der Waals surface area contributed by atoms with Gasteiger partial charge < -0.3 is 5.32 Å². The van der Waals surface area contributed by atoms with Crippen molar-refractivity contribution in [3.63, 3.8) is 0 Å². The Morgan fingerprint density at radius 1 is 1.00 bits per heavy atom. The van der Waals surface area contributed by atoms with Crippen molar-refractivity contribution < 1.29 is 21.6 Å². The Morgan fingerprint density at radius 2 is 1.62 bits per heavy atom. The summed E-state index contributed by atoms with van der Waals surface area (Å²) in [5.74, 6) is -0.561. The van der Waals surface area contributed by atoms with E-state index in [1.165, 1.54) is 26.2 Å². The summed E-state index contributed by atoms with van der Waals surface area (Å²) in [5.41, 5.74) is 1.72. The van der Waals surface area contributed by atoms with Crippen molar-refractivity contribution in [2.75, 3.05) is 32.2 Å². The fourth-order valence-corrected chi connectivity index (χ4v) is 4.20. The maximum atomic E-state index is 12.5. The molecule has 29 heavy (non-hydrogen) atoms. The molecule has 2 aromatic carbocycles. The summed E-state index contributed by atoms with van der Waals surface area (Å²) in [6, 6.07) is 13.4. The van der Waals surface area contributed by atoms with Gasteiger partial charge in [0.25, 0.3) is 0 Å². The van der Waals surface area contributed by atoms with Gasteiger partial charge in [0.1, 0.15) is 0 Å². The van der Waals surface area contributed by atoms with E-state index in [4.69, 9.17) is 0 Å². The van der Waals surface area contributed by atoms with E-state index < -0.39 is 32.5 Å². The largest absolute Gasteiger partial charge is 0.325 e. The molecule has 2 aromatic rings. The molecule has 0 saturated carbocycles. The second kappa shape index (κ2) is 9.04. The quantitative estimate of drug-likeness (QED) is 0.674. The first-order valence-corrected chi connectivity index (χ1v) is 12.0. The maximum absolute atomic E-state index is 12.5. The number of amides is 1. The minimum absolute atomic E-state index is 0.0349. The zero-order valence-electron chi connectivity index (χ0n) is 16.8. The lowest BCUT2D eigenvalue weighted by atomic mass is 10.2. The average molecular weight is 440 g/mol. The molecule has 0 fully saturated rings. The van der Waals surface area contributed by atoms with Crippen molar-refractivity contribution in [3.8, 4) is 0 Å². The number of hydrogen-bond donors (Lipinski definition) is 1. The van der Waals surface area contributed by atoms with Crippen molar-refractivity contribution in [1.82, 2.24) is 8.61 Å². The summed E-state index contributed by atoms with van der Waals surface area (Å²) in [6.07, 6.45) is 1.04. The Bertz CT molecular complexity index is 1080. The summed E-state index contributed by atoms with van der Waals surface area (Å²) in [4.78, 5) is 12.6. The summed E-state index contributed by atoms with van der Waals surface area (Å²) in [5, 5.41) is 2.62. The van der Waals surface area contributed by atoms with E-state index in [0.29, 0.717) is 11.3 Å². The van der Waals surface area contributed by atoms with Crippen molar-refractivity contribution in [2.45, 2.75) is 18.4 Å². The molecule has 0 atom stereocenters. The van der Waals surface area contributed by atoms with E-state index in [9.17, 15) is 21.6 Å². The zero-order valence-corrected chi connectivity index (χ0v) is 18.4. The standard InChI is InChI=1S/C19H25N3O5S2/c1-15-10-11-17(29(26,27)21(2)3)12-18(15)20-19(23)14-22(28(4,24)25)13-16-8-6-5-7-9-16/h5-12H,13-14H2,1-4H3,(H,20,23). The molecule has 8 nitrogen and oxygen atoms in total. The molecule has 0 radical (unpaired) electrons. The Morgan fingerprint density at radius 3 is 2.17 bits per heavy atom. The van der Waals surface area contributed by atoms with Crippen LogP contribution in [0.5, 0.6) is 0 Å². The van der Waals surface area contributed by atoms with Gasteiger partial charge in [-0.05, 0) is 30.2 Å². The predicted molar refractivity (Wildman–Crippen MR) is 112 cm³/mol. The van der Waals surface area contributed by atoms with Gasteiger partial charge in [-0.15, -0.1) is 0 Å². The van der Waals surface area contributed by atoms with Crippen LogP contribution >= 0.6 is 0 Å². The Hall–Kier alpha value is -2.27. The maximum Gasteiger partial charge on any atom is 0.242 e. The molecule has 0 heterocycles. The van der Waals surface area contributed by atoms with E-state index in [1.54, 1.807) is 37.3 Å².